The standard InChI is InChI=1S/C27H47N3/c1-7-27(18-12-9-13-19-27)29-23(5)28-25(26(6)16-10-8-11-17-26)22(4)30-20-14-15-24(30)21(2)3/h24-25,28-29H,2,4-5,7-20H2,1,3,6H3. The number of likely N-dealkylation sites (tertiary alicyclic amines) is 1. The van der Waals surface area contributed by atoms with Crippen LogP contribution in [0, 0.1) is 5.41 Å². The average Bonchev–Trinajstić information content (AvgIpc) is 3.23. The molecule has 3 aliphatic rings. The summed E-state index contributed by atoms with van der Waals surface area (Å²) in [6.45, 7) is 21.5. The zero-order valence-corrected chi connectivity index (χ0v) is 20.1. The predicted molar refractivity (Wildman–Crippen MR) is 130 cm³/mol. The van der Waals surface area contributed by atoms with Crippen molar-refractivity contribution >= 4 is 0 Å². The van der Waals surface area contributed by atoms with Gasteiger partial charge in [-0.25, -0.2) is 0 Å². The number of hydrogen-bond donors (Lipinski definition) is 2. The summed E-state index contributed by atoms with van der Waals surface area (Å²) in [4.78, 5) is 2.54. The first-order chi connectivity index (χ1) is 14.3. The van der Waals surface area contributed by atoms with Gasteiger partial charge in [0.1, 0.15) is 0 Å². The van der Waals surface area contributed by atoms with Crippen LogP contribution in [0.4, 0.5) is 0 Å². The molecule has 0 bridgehead atoms. The lowest BCUT2D eigenvalue weighted by atomic mass is 9.69. The minimum Gasteiger partial charge on any atom is -0.367 e. The highest BCUT2D eigenvalue weighted by Crippen LogP contribution is 2.43. The number of nitrogens with zero attached hydrogens (tertiary/aromatic N) is 1. The van der Waals surface area contributed by atoms with Crippen LogP contribution in [0.5, 0.6) is 0 Å². The summed E-state index contributed by atoms with van der Waals surface area (Å²) in [5.74, 6) is 1.00. The first-order valence-corrected chi connectivity index (χ1v) is 12.6. The Morgan fingerprint density at radius 2 is 1.57 bits per heavy atom. The fourth-order valence-corrected chi connectivity index (χ4v) is 6.42. The molecule has 3 rings (SSSR count). The van der Waals surface area contributed by atoms with E-state index >= 15 is 0 Å². The van der Waals surface area contributed by atoms with E-state index in [1.165, 1.54) is 94.7 Å². The van der Waals surface area contributed by atoms with E-state index in [-0.39, 0.29) is 17.0 Å². The van der Waals surface area contributed by atoms with Crippen LogP contribution in [0.25, 0.3) is 0 Å². The zero-order chi connectivity index (χ0) is 21.8. The molecule has 0 radical (unpaired) electrons. The molecule has 2 atom stereocenters. The molecule has 1 saturated heterocycles. The monoisotopic (exact) mass is 413 g/mol. The van der Waals surface area contributed by atoms with E-state index in [1.807, 2.05) is 0 Å². The van der Waals surface area contributed by atoms with E-state index in [1.54, 1.807) is 0 Å². The second-order valence-corrected chi connectivity index (χ2v) is 10.8. The van der Waals surface area contributed by atoms with Gasteiger partial charge in [0, 0.05) is 23.8 Å². The first-order valence-electron chi connectivity index (χ1n) is 12.6. The van der Waals surface area contributed by atoms with Crippen LogP contribution in [-0.4, -0.2) is 29.1 Å². The summed E-state index contributed by atoms with van der Waals surface area (Å²) in [6.07, 6.45) is 16.7. The molecule has 3 heteroatoms. The molecule has 0 aromatic heterocycles. The van der Waals surface area contributed by atoms with Gasteiger partial charge in [0.05, 0.1) is 11.9 Å². The van der Waals surface area contributed by atoms with Gasteiger partial charge in [-0.1, -0.05) is 77.7 Å². The van der Waals surface area contributed by atoms with Crippen LogP contribution in [0.3, 0.4) is 0 Å². The van der Waals surface area contributed by atoms with E-state index < -0.39 is 0 Å². The van der Waals surface area contributed by atoms with Gasteiger partial charge in [-0.05, 0) is 57.3 Å². The smallest absolute Gasteiger partial charge is 0.0922 e. The van der Waals surface area contributed by atoms with E-state index in [0.717, 1.165) is 12.4 Å². The Bertz CT molecular complexity index is 622. The van der Waals surface area contributed by atoms with Crippen molar-refractivity contribution in [1.82, 2.24) is 15.5 Å². The highest BCUT2D eigenvalue weighted by molar-refractivity contribution is 5.21. The third kappa shape index (κ3) is 5.08. The third-order valence-corrected chi connectivity index (χ3v) is 8.44. The molecule has 0 aromatic rings. The largest absolute Gasteiger partial charge is 0.367 e. The summed E-state index contributed by atoms with van der Waals surface area (Å²) in [5, 5.41) is 7.76. The van der Waals surface area contributed by atoms with Gasteiger partial charge in [0.15, 0.2) is 0 Å². The van der Waals surface area contributed by atoms with Crippen LogP contribution in [-0.2, 0) is 0 Å². The molecule has 30 heavy (non-hydrogen) atoms. The van der Waals surface area contributed by atoms with Crippen molar-refractivity contribution in [3.8, 4) is 0 Å². The van der Waals surface area contributed by atoms with Crippen molar-refractivity contribution < 1.29 is 0 Å². The molecule has 1 aliphatic heterocycles. The Labute approximate surface area is 186 Å². The lowest BCUT2D eigenvalue weighted by molar-refractivity contribution is 0.140. The number of hydrogen-bond acceptors (Lipinski definition) is 3. The van der Waals surface area contributed by atoms with Crippen molar-refractivity contribution in [2.75, 3.05) is 6.54 Å². The molecule has 3 nitrogen and oxygen atoms in total. The molecule has 2 unspecified atom stereocenters. The quantitative estimate of drug-likeness (QED) is 0.415. The summed E-state index contributed by atoms with van der Waals surface area (Å²) in [6, 6.07) is 0.672. The van der Waals surface area contributed by atoms with E-state index in [9.17, 15) is 0 Å². The maximum atomic E-state index is 4.68. The van der Waals surface area contributed by atoms with Crippen molar-refractivity contribution in [3.05, 3.63) is 36.8 Å². The normalized spacial score (nSPS) is 26.6. The Hall–Kier alpha value is -1.38. The van der Waals surface area contributed by atoms with Gasteiger partial charge in [0.25, 0.3) is 0 Å². The second kappa shape index (κ2) is 9.83. The topological polar surface area (TPSA) is 27.3 Å². The van der Waals surface area contributed by atoms with Crippen LogP contribution in [0.2, 0.25) is 0 Å². The molecule has 2 aliphatic carbocycles. The Morgan fingerprint density at radius 1 is 0.967 bits per heavy atom. The van der Waals surface area contributed by atoms with Crippen molar-refractivity contribution in [2.45, 2.75) is 122 Å². The van der Waals surface area contributed by atoms with Gasteiger partial charge >= 0.3 is 0 Å². The van der Waals surface area contributed by atoms with Crippen molar-refractivity contribution in [2.24, 2.45) is 5.41 Å². The van der Waals surface area contributed by atoms with Crippen molar-refractivity contribution in [3.63, 3.8) is 0 Å². The fourth-order valence-electron chi connectivity index (χ4n) is 6.42. The molecule has 1 heterocycles. The molecule has 3 fully saturated rings. The minimum atomic E-state index is 0.218. The number of nitrogens with one attached hydrogen (secondary N) is 2. The maximum Gasteiger partial charge on any atom is 0.0922 e. The Balaban J connectivity index is 1.78. The first kappa shape index (κ1) is 23.3. The maximum absolute atomic E-state index is 4.68. The minimum absolute atomic E-state index is 0.218. The highest BCUT2D eigenvalue weighted by Gasteiger charge is 2.41. The average molecular weight is 414 g/mol. The molecular formula is C27H47N3. The van der Waals surface area contributed by atoms with Crippen LogP contribution < -0.4 is 10.6 Å². The summed E-state index contributed by atoms with van der Waals surface area (Å²) >= 11 is 0. The molecular weight excluding hydrogens is 366 g/mol. The van der Waals surface area contributed by atoms with Gasteiger partial charge in [-0.3, -0.25) is 0 Å². The van der Waals surface area contributed by atoms with Crippen LogP contribution >= 0.6 is 0 Å². The van der Waals surface area contributed by atoms with E-state index in [2.05, 4.69) is 56.0 Å². The van der Waals surface area contributed by atoms with Crippen LogP contribution in [0.1, 0.15) is 104 Å². The third-order valence-electron chi connectivity index (χ3n) is 8.44. The SMILES string of the molecule is C=C(NC(C(=C)N1CCCC1C(=C)C)C1(C)CCCCC1)NC1(CC)CCCCC1. The van der Waals surface area contributed by atoms with Crippen molar-refractivity contribution in [1.29, 1.82) is 0 Å². The van der Waals surface area contributed by atoms with Gasteiger partial charge < -0.3 is 15.5 Å². The molecule has 0 amide bonds. The summed E-state index contributed by atoms with van der Waals surface area (Å²) in [7, 11) is 0. The van der Waals surface area contributed by atoms with Gasteiger partial charge in [-0.2, -0.15) is 0 Å². The Kier molecular flexibility index (Phi) is 7.63. The molecule has 170 valence electrons. The lowest BCUT2D eigenvalue weighted by Gasteiger charge is -2.47. The predicted octanol–water partition coefficient (Wildman–Crippen LogP) is 6.64. The van der Waals surface area contributed by atoms with E-state index in [0.29, 0.717) is 6.04 Å². The zero-order valence-electron chi connectivity index (χ0n) is 20.1. The second-order valence-electron chi connectivity index (χ2n) is 10.8. The Morgan fingerprint density at radius 3 is 2.13 bits per heavy atom. The van der Waals surface area contributed by atoms with E-state index in [4.69, 9.17) is 0 Å². The lowest BCUT2D eigenvalue weighted by Crippen LogP contribution is -2.55. The fraction of sp³-hybridized carbons (Fsp3) is 0.778. The summed E-state index contributed by atoms with van der Waals surface area (Å²) in [5.41, 5.74) is 2.97. The molecule has 2 saturated carbocycles. The number of rotatable bonds is 9. The summed E-state index contributed by atoms with van der Waals surface area (Å²) < 4.78 is 0. The molecule has 0 aromatic carbocycles. The molecule has 0 spiro atoms. The molecule has 2 N–H and O–H groups in total. The van der Waals surface area contributed by atoms with Gasteiger partial charge in [0.2, 0.25) is 0 Å². The van der Waals surface area contributed by atoms with Crippen LogP contribution in [0.15, 0.2) is 36.8 Å². The van der Waals surface area contributed by atoms with Gasteiger partial charge in [-0.15, -0.1) is 0 Å². The highest BCUT2D eigenvalue weighted by atomic mass is 15.2.